The Hall–Kier alpha value is -0.650. The molecule has 0 spiro atoms. The van der Waals surface area contributed by atoms with Crippen molar-refractivity contribution >= 4 is 5.91 Å². The first-order valence-electron chi connectivity index (χ1n) is 8.05. The van der Waals surface area contributed by atoms with E-state index < -0.39 is 0 Å². The first-order valence-corrected chi connectivity index (χ1v) is 8.05. The van der Waals surface area contributed by atoms with Crippen LogP contribution in [0.5, 0.6) is 0 Å². The zero-order valence-electron chi connectivity index (χ0n) is 12.4. The molecule has 1 amide bonds. The Bertz CT molecular complexity index is 299. The molecule has 0 aliphatic carbocycles. The Morgan fingerprint density at radius 2 is 2.00 bits per heavy atom. The second-order valence-electron chi connectivity index (χ2n) is 5.87. The van der Waals surface area contributed by atoms with Crippen molar-refractivity contribution in [2.24, 2.45) is 0 Å². The number of nitrogens with zero attached hydrogens (tertiary/aromatic N) is 2. The summed E-state index contributed by atoms with van der Waals surface area (Å²) in [6, 6.07) is 0. The molecule has 2 saturated heterocycles. The van der Waals surface area contributed by atoms with Crippen LogP contribution in [0.1, 0.15) is 51.4 Å². The summed E-state index contributed by atoms with van der Waals surface area (Å²) < 4.78 is 5.63. The fourth-order valence-corrected chi connectivity index (χ4v) is 2.94. The number of piperidine rings is 1. The molecule has 5 heteroatoms. The van der Waals surface area contributed by atoms with Gasteiger partial charge in [-0.05, 0) is 38.5 Å². The molecule has 0 saturated carbocycles. The largest absolute Gasteiger partial charge is 0.378 e. The highest BCUT2D eigenvalue weighted by Gasteiger charge is 2.19. The third-order valence-corrected chi connectivity index (χ3v) is 4.22. The van der Waals surface area contributed by atoms with Crippen molar-refractivity contribution in [3.63, 3.8) is 0 Å². The maximum absolute atomic E-state index is 11.8. The van der Waals surface area contributed by atoms with Crippen molar-refractivity contribution in [1.29, 1.82) is 0 Å². The van der Waals surface area contributed by atoms with Gasteiger partial charge in [-0.1, -0.05) is 6.42 Å². The van der Waals surface area contributed by atoms with Crippen molar-refractivity contribution in [3.8, 4) is 0 Å². The van der Waals surface area contributed by atoms with E-state index in [2.05, 4.69) is 0 Å². The van der Waals surface area contributed by atoms with Gasteiger partial charge >= 0.3 is 0 Å². The summed E-state index contributed by atoms with van der Waals surface area (Å²) in [5.41, 5.74) is 0. The van der Waals surface area contributed by atoms with Crippen LogP contribution in [0.25, 0.3) is 0 Å². The molecule has 2 fully saturated rings. The molecule has 0 aromatic rings. The number of hydrogen-bond donors (Lipinski definition) is 1. The van der Waals surface area contributed by atoms with Crippen LogP contribution in [0, 0.1) is 0 Å². The Morgan fingerprint density at radius 3 is 2.85 bits per heavy atom. The summed E-state index contributed by atoms with van der Waals surface area (Å²) >= 11 is 0. The molecular weight excluding hydrogens is 256 g/mol. The second-order valence-corrected chi connectivity index (χ2v) is 5.87. The van der Waals surface area contributed by atoms with Crippen molar-refractivity contribution in [2.45, 2.75) is 57.6 Å². The van der Waals surface area contributed by atoms with E-state index in [0.717, 1.165) is 58.2 Å². The van der Waals surface area contributed by atoms with Crippen molar-refractivity contribution in [3.05, 3.63) is 0 Å². The topological polar surface area (TPSA) is 53.0 Å². The average Bonchev–Trinajstić information content (AvgIpc) is 2.65. The molecule has 5 nitrogen and oxygen atoms in total. The number of hydrogen-bond acceptors (Lipinski definition) is 4. The zero-order chi connectivity index (χ0) is 14.2. The third kappa shape index (κ3) is 5.04. The molecule has 0 aromatic carbocycles. The zero-order valence-corrected chi connectivity index (χ0v) is 12.4. The summed E-state index contributed by atoms with van der Waals surface area (Å²) in [7, 11) is 0. The van der Waals surface area contributed by atoms with Crippen molar-refractivity contribution in [1.82, 2.24) is 9.80 Å². The highest BCUT2D eigenvalue weighted by Crippen LogP contribution is 2.14. The Kier molecular flexibility index (Phi) is 6.76. The molecule has 2 heterocycles. The minimum Gasteiger partial charge on any atom is -0.378 e. The predicted octanol–water partition coefficient (Wildman–Crippen LogP) is 1.56. The summed E-state index contributed by atoms with van der Waals surface area (Å²) in [6.07, 6.45) is 7.70. The van der Waals surface area contributed by atoms with Crippen LogP contribution in [-0.4, -0.2) is 60.0 Å². The fourth-order valence-electron chi connectivity index (χ4n) is 2.94. The van der Waals surface area contributed by atoms with Gasteiger partial charge in [0.25, 0.3) is 0 Å². The lowest BCUT2D eigenvalue weighted by atomic mass is 10.1. The lowest BCUT2D eigenvalue weighted by Crippen LogP contribution is -2.40. The second kappa shape index (κ2) is 8.60. The molecule has 2 aliphatic heterocycles. The third-order valence-electron chi connectivity index (χ3n) is 4.22. The van der Waals surface area contributed by atoms with Crippen LogP contribution in [0.3, 0.4) is 0 Å². The van der Waals surface area contributed by atoms with Crippen LogP contribution in [0.2, 0.25) is 0 Å². The molecule has 116 valence electrons. The Balaban J connectivity index is 1.55. The highest BCUT2D eigenvalue weighted by atomic mass is 16.5. The van der Waals surface area contributed by atoms with E-state index in [9.17, 15) is 9.90 Å². The van der Waals surface area contributed by atoms with Crippen LogP contribution in [0.15, 0.2) is 0 Å². The number of ether oxygens (including phenoxy) is 1. The number of amides is 1. The summed E-state index contributed by atoms with van der Waals surface area (Å²) in [6.45, 7) is 3.80. The van der Waals surface area contributed by atoms with E-state index in [1.807, 2.05) is 9.80 Å². The quantitative estimate of drug-likeness (QED) is 0.752. The first-order chi connectivity index (χ1) is 9.77. The lowest BCUT2D eigenvalue weighted by Gasteiger charge is -2.31. The lowest BCUT2D eigenvalue weighted by molar-refractivity contribution is -0.131. The van der Waals surface area contributed by atoms with Crippen molar-refractivity contribution in [2.75, 3.05) is 33.0 Å². The molecule has 2 rings (SSSR count). The van der Waals surface area contributed by atoms with Gasteiger partial charge in [-0.15, -0.1) is 0 Å². The van der Waals surface area contributed by atoms with Crippen LogP contribution in [0.4, 0.5) is 0 Å². The smallest absolute Gasteiger partial charge is 0.222 e. The number of aliphatic hydroxyl groups is 1. The Morgan fingerprint density at radius 1 is 1.15 bits per heavy atom. The molecule has 0 radical (unpaired) electrons. The van der Waals surface area contributed by atoms with E-state index >= 15 is 0 Å². The van der Waals surface area contributed by atoms with E-state index in [1.165, 1.54) is 6.42 Å². The normalized spacial score (nSPS) is 25.8. The summed E-state index contributed by atoms with van der Waals surface area (Å²) in [5.74, 6) is 0.300. The highest BCUT2D eigenvalue weighted by molar-refractivity contribution is 5.76. The standard InChI is InChI=1S/C15H28N2O3/c18-14-7-2-1-4-9-16(14)11-6-12-20-13-17-10-5-3-8-15(17)19/h15,19H,1-13H2. The molecule has 0 aromatic heterocycles. The maximum Gasteiger partial charge on any atom is 0.222 e. The molecular formula is C15H28N2O3. The first kappa shape index (κ1) is 15.7. The number of carbonyl (C=O) groups excluding carboxylic acids is 1. The van der Waals surface area contributed by atoms with Gasteiger partial charge in [0, 0.05) is 26.1 Å². The van der Waals surface area contributed by atoms with E-state index in [4.69, 9.17) is 4.74 Å². The van der Waals surface area contributed by atoms with Gasteiger partial charge in [0.15, 0.2) is 0 Å². The number of aliphatic hydroxyl groups excluding tert-OH is 1. The monoisotopic (exact) mass is 284 g/mol. The number of rotatable bonds is 6. The van der Waals surface area contributed by atoms with E-state index in [1.54, 1.807) is 0 Å². The Labute approximate surface area is 121 Å². The van der Waals surface area contributed by atoms with Gasteiger partial charge in [0.2, 0.25) is 5.91 Å². The molecule has 2 aliphatic rings. The molecule has 1 atom stereocenters. The SMILES string of the molecule is O=C1CCCCCN1CCCOCN1CCCCC1O. The minimum atomic E-state index is -0.337. The number of likely N-dealkylation sites (tertiary alicyclic amines) is 2. The van der Waals surface area contributed by atoms with E-state index in [0.29, 0.717) is 25.7 Å². The van der Waals surface area contributed by atoms with Gasteiger partial charge in [-0.2, -0.15) is 0 Å². The molecule has 1 unspecified atom stereocenters. The fraction of sp³-hybridized carbons (Fsp3) is 0.933. The molecule has 1 N–H and O–H groups in total. The van der Waals surface area contributed by atoms with Gasteiger partial charge in [-0.3, -0.25) is 9.69 Å². The van der Waals surface area contributed by atoms with Gasteiger partial charge in [-0.25, -0.2) is 0 Å². The van der Waals surface area contributed by atoms with Crippen LogP contribution < -0.4 is 0 Å². The van der Waals surface area contributed by atoms with Gasteiger partial charge < -0.3 is 14.7 Å². The van der Waals surface area contributed by atoms with Crippen LogP contribution in [-0.2, 0) is 9.53 Å². The van der Waals surface area contributed by atoms with Crippen molar-refractivity contribution < 1.29 is 14.6 Å². The van der Waals surface area contributed by atoms with Gasteiger partial charge in [0.05, 0.1) is 6.61 Å². The minimum absolute atomic E-state index is 0.300. The molecule has 20 heavy (non-hydrogen) atoms. The number of carbonyl (C=O) groups is 1. The summed E-state index contributed by atoms with van der Waals surface area (Å²) in [4.78, 5) is 15.8. The maximum atomic E-state index is 11.8. The summed E-state index contributed by atoms with van der Waals surface area (Å²) in [5, 5.41) is 9.79. The molecule has 0 bridgehead atoms. The van der Waals surface area contributed by atoms with E-state index in [-0.39, 0.29) is 6.23 Å². The predicted molar refractivity (Wildman–Crippen MR) is 77.0 cm³/mol. The van der Waals surface area contributed by atoms with Crippen LogP contribution >= 0.6 is 0 Å². The van der Waals surface area contributed by atoms with Gasteiger partial charge in [0.1, 0.15) is 13.0 Å². The average molecular weight is 284 g/mol.